The van der Waals surface area contributed by atoms with Gasteiger partial charge in [0.15, 0.2) is 11.6 Å². The highest BCUT2D eigenvalue weighted by Crippen LogP contribution is 2.16. The molecule has 1 aromatic carbocycles. The van der Waals surface area contributed by atoms with Crippen LogP contribution in [0.1, 0.15) is 5.56 Å². The van der Waals surface area contributed by atoms with Gasteiger partial charge >= 0.3 is 0 Å². The smallest absolute Gasteiger partial charge is 0.164 e. The second-order valence-electron chi connectivity index (χ2n) is 2.28. The molecule has 0 aliphatic heterocycles. The molecule has 0 atom stereocenters. The van der Waals surface area contributed by atoms with Crippen molar-refractivity contribution >= 4 is 0 Å². The molecule has 1 rings (SSSR count). The molecule has 0 aromatic heterocycles. The molecule has 0 heterocycles. The first-order valence-corrected chi connectivity index (χ1v) is 3.32. The summed E-state index contributed by atoms with van der Waals surface area (Å²) in [5.41, 5.74) is 0.860. The maximum absolute atomic E-state index is 12.5. The second-order valence-corrected chi connectivity index (χ2v) is 2.28. The SMILES string of the molecule is C=CCc1ccc(F)c(O)c1. The lowest BCUT2D eigenvalue weighted by atomic mass is 10.1. The van der Waals surface area contributed by atoms with Crippen LogP contribution in [0.25, 0.3) is 0 Å². The van der Waals surface area contributed by atoms with Crippen LogP contribution in [0.2, 0.25) is 0 Å². The number of phenols is 1. The van der Waals surface area contributed by atoms with Crippen molar-refractivity contribution in [2.75, 3.05) is 0 Å². The molecule has 1 nitrogen and oxygen atoms in total. The van der Waals surface area contributed by atoms with Crippen molar-refractivity contribution in [1.29, 1.82) is 0 Å². The fourth-order valence-electron chi connectivity index (χ4n) is 0.852. The molecule has 0 radical (unpaired) electrons. The molecule has 1 N–H and O–H groups in total. The van der Waals surface area contributed by atoms with E-state index in [-0.39, 0.29) is 5.75 Å². The molecule has 0 fully saturated rings. The van der Waals surface area contributed by atoms with Crippen LogP contribution in [0.15, 0.2) is 30.9 Å². The molecule has 0 aliphatic carbocycles. The Morgan fingerprint density at radius 3 is 2.82 bits per heavy atom. The van der Waals surface area contributed by atoms with E-state index in [1.807, 2.05) is 0 Å². The third-order valence-corrected chi connectivity index (χ3v) is 1.39. The fourth-order valence-corrected chi connectivity index (χ4v) is 0.852. The Balaban J connectivity index is 2.95. The van der Waals surface area contributed by atoms with Crippen LogP contribution >= 0.6 is 0 Å². The fraction of sp³-hybridized carbons (Fsp3) is 0.111. The number of hydrogen-bond donors (Lipinski definition) is 1. The van der Waals surface area contributed by atoms with Crippen LogP contribution in [0.3, 0.4) is 0 Å². The molecule has 0 saturated heterocycles. The summed E-state index contributed by atoms with van der Waals surface area (Å²) in [6.45, 7) is 3.53. The van der Waals surface area contributed by atoms with E-state index in [9.17, 15) is 4.39 Å². The normalized spacial score (nSPS) is 9.55. The quantitative estimate of drug-likeness (QED) is 0.644. The standard InChI is InChI=1S/C9H9FO/c1-2-3-7-4-5-8(10)9(11)6-7/h2,4-6,11H,1,3H2. The Hall–Kier alpha value is -1.31. The van der Waals surface area contributed by atoms with Gasteiger partial charge in [0.25, 0.3) is 0 Å². The molecule has 58 valence electrons. The monoisotopic (exact) mass is 152 g/mol. The van der Waals surface area contributed by atoms with Gasteiger partial charge in [-0.05, 0) is 24.1 Å². The van der Waals surface area contributed by atoms with Crippen LogP contribution in [0.4, 0.5) is 4.39 Å². The summed E-state index contributed by atoms with van der Waals surface area (Å²) in [6, 6.07) is 4.27. The molecule has 2 heteroatoms. The first kappa shape index (κ1) is 7.79. The zero-order chi connectivity index (χ0) is 8.27. The van der Waals surface area contributed by atoms with Gasteiger partial charge in [0.2, 0.25) is 0 Å². The summed E-state index contributed by atoms with van der Waals surface area (Å²) >= 11 is 0. The number of rotatable bonds is 2. The van der Waals surface area contributed by atoms with Gasteiger partial charge in [-0.1, -0.05) is 12.1 Å². The average molecular weight is 152 g/mol. The molecule has 0 spiro atoms. The molecule has 0 aliphatic rings. The summed E-state index contributed by atoms with van der Waals surface area (Å²) in [4.78, 5) is 0. The zero-order valence-corrected chi connectivity index (χ0v) is 6.05. The first-order chi connectivity index (χ1) is 5.24. The van der Waals surface area contributed by atoms with Gasteiger partial charge in [-0.3, -0.25) is 0 Å². The topological polar surface area (TPSA) is 20.2 Å². The van der Waals surface area contributed by atoms with Crippen molar-refractivity contribution in [1.82, 2.24) is 0 Å². The average Bonchev–Trinajstić information content (AvgIpc) is 1.98. The van der Waals surface area contributed by atoms with Gasteiger partial charge in [-0.25, -0.2) is 4.39 Å². The molecule has 11 heavy (non-hydrogen) atoms. The molecule has 0 unspecified atom stereocenters. The van der Waals surface area contributed by atoms with Crippen molar-refractivity contribution in [3.63, 3.8) is 0 Å². The minimum atomic E-state index is -0.585. The third kappa shape index (κ3) is 1.80. The highest BCUT2D eigenvalue weighted by atomic mass is 19.1. The van der Waals surface area contributed by atoms with E-state index < -0.39 is 5.82 Å². The van der Waals surface area contributed by atoms with Gasteiger partial charge < -0.3 is 5.11 Å². The maximum atomic E-state index is 12.5. The van der Waals surface area contributed by atoms with E-state index >= 15 is 0 Å². The molecular weight excluding hydrogens is 143 g/mol. The predicted molar refractivity (Wildman–Crippen MR) is 42.0 cm³/mol. The summed E-state index contributed by atoms with van der Waals surface area (Å²) in [6.07, 6.45) is 2.35. The summed E-state index contributed by atoms with van der Waals surface area (Å²) in [5.74, 6) is -0.887. The van der Waals surface area contributed by atoms with Crippen molar-refractivity contribution in [2.24, 2.45) is 0 Å². The number of aromatic hydroxyl groups is 1. The Morgan fingerprint density at radius 2 is 2.27 bits per heavy atom. The minimum Gasteiger partial charge on any atom is -0.505 e. The van der Waals surface area contributed by atoms with Gasteiger partial charge in [0, 0.05) is 0 Å². The van der Waals surface area contributed by atoms with Crippen molar-refractivity contribution in [3.8, 4) is 5.75 Å². The Kier molecular flexibility index (Phi) is 2.26. The van der Waals surface area contributed by atoms with Gasteiger partial charge in [-0.2, -0.15) is 0 Å². The summed E-state index contributed by atoms with van der Waals surface area (Å²) in [5, 5.41) is 8.92. The Labute approximate surface area is 64.8 Å². The van der Waals surface area contributed by atoms with E-state index in [4.69, 9.17) is 5.11 Å². The third-order valence-electron chi connectivity index (χ3n) is 1.39. The van der Waals surface area contributed by atoms with Crippen LogP contribution in [0, 0.1) is 5.82 Å². The van der Waals surface area contributed by atoms with Crippen LogP contribution in [-0.2, 0) is 6.42 Å². The second kappa shape index (κ2) is 3.19. The maximum Gasteiger partial charge on any atom is 0.164 e. The number of allylic oxidation sites excluding steroid dienone is 1. The number of halogens is 1. The first-order valence-electron chi connectivity index (χ1n) is 3.32. The molecule has 1 aromatic rings. The van der Waals surface area contributed by atoms with E-state index in [1.165, 1.54) is 12.1 Å². The van der Waals surface area contributed by atoms with Gasteiger partial charge in [0.05, 0.1) is 0 Å². The molecule has 0 bridgehead atoms. The highest BCUT2D eigenvalue weighted by molar-refractivity contribution is 5.29. The van der Waals surface area contributed by atoms with Crippen LogP contribution in [0.5, 0.6) is 5.75 Å². The van der Waals surface area contributed by atoms with E-state index in [1.54, 1.807) is 12.1 Å². The lowest BCUT2D eigenvalue weighted by Crippen LogP contribution is -1.82. The number of phenolic OH excluding ortho intramolecular Hbond substituents is 1. The van der Waals surface area contributed by atoms with Gasteiger partial charge in [0.1, 0.15) is 0 Å². The Bertz CT molecular complexity index is 268. The van der Waals surface area contributed by atoms with Crippen molar-refractivity contribution in [3.05, 3.63) is 42.2 Å². The number of benzene rings is 1. The lowest BCUT2D eigenvalue weighted by molar-refractivity contribution is 0.432. The van der Waals surface area contributed by atoms with Crippen molar-refractivity contribution in [2.45, 2.75) is 6.42 Å². The van der Waals surface area contributed by atoms with Crippen LogP contribution < -0.4 is 0 Å². The van der Waals surface area contributed by atoms with E-state index in [0.29, 0.717) is 6.42 Å². The Morgan fingerprint density at radius 1 is 1.55 bits per heavy atom. The van der Waals surface area contributed by atoms with E-state index in [2.05, 4.69) is 6.58 Å². The highest BCUT2D eigenvalue weighted by Gasteiger charge is 1.98. The number of hydrogen-bond acceptors (Lipinski definition) is 1. The largest absolute Gasteiger partial charge is 0.505 e. The van der Waals surface area contributed by atoms with Crippen LogP contribution in [-0.4, -0.2) is 5.11 Å². The van der Waals surface area contributed by atoms with Gasteiger partial charge in [-0.15, -0.1) is 6.58 Å². The molecular formula is C9H9FO. The summed E-state index contributed by atoms with van der Waals surface area (Å²) < 4.78 is 12.5. The summed E-state index contributed by atoms with van der Waals surface area (Å²) in [7, 11) is 0. The predicted octanol–water partition coefficient (Wildman–Crippen LogP) is 2.26. The zero-order valence-electron chi connectivity index (χ0n) is 6.05. The molecule has 0 saturated carbocycles. The van der Waals surface area contributed by atoms with Crippen molar-refractivity contribution < 1.29 is 9.50 Å². The van der Waals surface area contributed by atoms with E-state index in [0.717, 1.165) is 5.56 Å². The minimum absolute atomic E-state index is 0.302. The lowest BCUT2D eigenvalue weighted by Gasteiger charge is -1.97. The molecule has 0 amide bonds.